The van der Waals surface area contributed by atoms with Crippen molar-refractivity contribution in [2.24, 2.45) is 11.3 Å². The van der Waals surface area contributed by atoms with Gasteiger partial charge in [-0.25, -0.2) is 0 Å². The number of rotatable bonds is 7. The maximum atomic E-state index is 13.5. The van der Waals surface area contributed by atoms with Crippen LogP contribution in [0.25, 0.3) is 0 Å². The third-order valence-corrected chi connectivity index (χ3v) is 7.61. The van der Waals surface area contributed by atoms with Crippen LogP contribution in [0.1, 0.15) is 105 Å². The minimum atomic E-state index is -0.178. The molecular weight excluding hydrogens is 458 g/mol. The summed E-state index contributed by atoms with van der Waals surface area (Å²) in [6.45, 7) is 17.6. The molecule has 0 spiro atoms. The smallest absolute Gasteiger partial charge is 0.253 e. The van der Waals surface area contributed by atoms with E-state index in [1.54, 1.807) is 0 Å². The number of carbonyl (C=O) groups is 1. The van der Waals surface area contributed by atoms with Gasteiger partial charge in [-0.15, -0.1) is 0 Å². The Morgan fingerprint density at radius 2 is 1.76 bits per heavy atom. The van der Waals surface area contributed by atoms with Crippen LogP contribution in [0.2, 0.25) is 0 Å². The molecule has 0 radical (unpaired) electrons. The molecule has 1 aliphatic rings. The molecule has 0 unspecified atom stereocenters. The number of nitrogens with zero attached hydrogens (tertiary/aromatic N) is 1. The summed E-state index contributed by atoms with van der Waals surface area (Å²) in [4.78, 5) is 31.3. The fraction of sp³-hybridized carbons (Fsp3) is 0.562. The molecule has 0 aliphatic heterocycles. The molecule has 1 aromatic carbocycles. The van der Waals surface area contributed by atoms with Gasteiger partial charge in [0, 0.05) is 52.6 Å². The Kier molecular flexibility index (Phi) is 9.29. The first-order chi connectivity index (χ1) is 17.4. The van der Waals surface area contributed by atoms with Crippen molar-refractivity contribution >= 4 is 11.6 Å². The summed E-state index contributed by atoms with van der Waals surface area (Å²) in [6.07, 6.45) is 6.14. The minimum Gasteiger partial charge on any atom is -0.369 e. The van der Waals surface area contributed by atoms with Crippen LogP contribution < -0.4 is 15.8 Å². The molecule has 0 saturated heterocycles. The lowest BCUT2D eigenvalue weighted by Gasteiger charge is -2.39. The van der Waals surface area contributed by atoms with Gasteiger partial charge in [-0.05, 0) is 109 Å². The normalized spacial score (nSPS) is 17.6. The second-order valence-electron chi connectivity index (χ2n) is 11.7. The third-order valence-electron chi connectivity index (χ3n) is 7.61. The Bertz CT molecular complexity index is 1230. The van der Waals surface area contributed by atoms with E-state index >= 15 is 0 Å². The van der Waals surface area contributed by atoms with Crippen LogP contribution in [-0.2, 0) is 6.54 Å². The minimum absolute atomic E-state index is 0.138. The first-order valence-electron chi connectivity index (χ1n) is 13.9. The lowest BCUT2D eigenvalue weighted by atomic mass is 9.83. The fourth-order valence-corrected chi connectivity index (χ4v) is 5.42. The van der Waals surface area contributed by atoms with Crippen LogP contribution >= 0.6 is 0 Å². The lowest BCUT2D eigenvalue weighted by Crippen LogP contribution is -2.39. The van der Waals surface area contributed by atoms with Crippen molar-refractivity contribution in [1.82, 2.24) is 10.3 Å². The highest BCUT2D eigenvalue weighted by Gasteiger charge is 2.27. The Hall–Kier alpha value is -3.00. The molecule has 1 aromatic heterocycles. The Morgan fingerprint density at radius 1 is 1.08 bits per heavy atom. The highest BCUT2D eigenvalue weighted by atomic mass is 16.1. The molecule has 5 heteroatoms. The summed E-state index contributed by atoms with van der Waals surface area (Å²) in [6, 6.07) is 6.47. The van der Waals surface area contributed by atoms with E-state index < -0.39 is 0 Å². The largest absolute Gasteiger partial charge is 0.369 e. The van der Waals surface area contributed by atoms with E-state index in [-0.39, 0.29) is 23.4 Å². The average Bonchev–Trinajstić information content (AvgIpc) is 2.83. The predicted molar refractivity (Wildman–Crippen MR) is 154 cm³/mol. The van der Waals surface area contributed by atoms with Crippen molar-refractivity contribution < 1.29 is 4.79 Å². The van der Waals surface area contributed by atoms with Gasteiger partial charge in [0.1, 0.15) is 0 Å². The molecule has 1 amide bonds. The Labute approximate surface area is 223 Å². The Balaban J connectivity index is 1.98. The summed E-state index contributed by atoms with van der Waals surface area (Å²) in [7, 11) is 0. The van der Waals surface area contributed by atoms with E-state index in [0.717, 1.165) is 40.5 Å². The molecule has 2 aromatic rings. The number of hydrogen-bond acceptors (Lipinski definition) is 3. The van der Waals surface area contributed by atoms with Crippen LogP contribution in [0.3, 0.4) is 0 Å². The highest BCUT2D eigenvalue weighted by molar-refractivity contribution is 5.97. The number of aromatic amines is 1. The number of carbonyl (C=O) groups excluding carboxylic acids is 1. The monoisotopic (exact) mass is 503 g/mol. The van der Waals surface area contributed by atoms with Crippen molar-refractivity contribution in [3.8, 4) is 11.8 Å². The zero-order valence-corrected chi connectivity index (χ0v) is 24.1. The molecular formula is C32H45N3O2. The number of pyridine rings is 1. The zero-order chi connectivity index (χ0) is 27.3. The molecule has 5 nitrogen and oxygen atoms in total. The maximum absolute atomic E-state index is 13.5. The molecule has 1 aliphatic carbocycles. The van der Waals surface area contributed by atoms with Gasteiger partial charge in [-0.2, -0.15) is 0 Å². The van der Waals surface area contributed by atoms with Gasteiger partial charge in [-0.3, -0.25) is 9.59 Å². The van der Waals surface area contributed by atoms with Gasteiger partial charge >= 0.3 is 0 Å². The van der Waals surface area contributed by atoms with E-state index in [1.165, 1.54) is 32.1 Å². The van der Waals surface area contributed by atoms with Crippen LogP contribution in [0, 0.1) is 43.9 Å². The maximum Gasteiger partial charge on any atom is 0.253 e. The number of nitrogens with one attached hydrogen (secondary N) is 2. The third kappa shape index (κ3) is 7.28. The second kappa shape index (κ2) is 12.0. The number of hydrogen-bond donors (Lipinski definition) is 2. The van der Waals surface area contributed by atoms with Gasteiger partial charge in [0.25, 0.3) is 11.5 Å². The van der Waals surface area contributed by atoms with E-state index in [4.69, 9.17) is 0 Å². The standard InChI is InChI=1S/C32H45N3O2/c1-9-24-11-13-26(14-12-24)35(10-2)29-19-25(15-16-32(6,7)8)18-27(23(29)5)30(36)33-20-28-21(3)17-22(4)34-31(28)37/h17-19,24,26H,9-14,20H2,1-8H3,(H,33,36)(H,34,37)/t24-,26-. The van der Waals surface area contributed by atoms with E-state index in [1.807, 2.05) is 32.9 Å². The summed E-state index contributed by atoms with van der Waals surface area (Å²) in [5.74, 6) is 7.32. The first-order valence-corrected chi connectivity index (χ1v) is 13.9. The topological polar surface area (TPSA) is 65.2 Å². The molecule has 0 bridgehead atoms. The quantitative estimate of drug-likeness (QED) is 0.428. The van der Waals surface area contributed by atoms with E-state index in [9.17, 15) is 9.59 Å². The van der Waals surface area contributed by atoms with Gasteiger partial charge in [0.15, 0.2) is 0 Å². The number of amides is 1. The van der Waals surface area contributed by atoms with Crippen molar-refractivity contribution in [3.05, 3.63) is 62.1 Å². The van der Waals surface area contributed by atoms with Crippen molar-refractivity contribution in [3.63, 3.8) is 0 Å². The van der Waals surface area contributed by atoms with Gasteiger partial charge in [0.05, 0.1) is 0 Å². The number of H-pyrrole nitrogens is 1. The fourth-order valence-electron chi connectivity index (χ4n) is 5.42. The van der Waals surface area contributed by atoms with Crippen LogP contribution in [-0.4, -0.2) is 23.5 Å². The number of aryl methyl sites for hydroxylation is 2. The molecule has 1 heterocycles. The Morgan fingerprint density at radius 3 is 2.32 bits per heavy atom. The molecule has 200 valence electrons. The summed E-state index contributed by atoms with van der Waals surface area (Å²) < 4.78 is 0. The highest BCUT2D eigenvalue weighted by Crippen LogP contribution is 2.34. The summed E-state index contributed by atoms with van der Waals surface area (Å²) >= 11 is 0. The van der Waals surface area contributed by atoms with Crippen LogP contribution in [0.4, 0.5) is 5.69 Å². The van der Waals surface area contributed by atoms with Crippen molar-refractivity contribution in [1.29, 1.82) is 0 Å². The average molecular weight is 504 g/mol. The van der Waals surface area contributed by atoms with Crippen molar-refractivity contribution in [2.75, 3.05) is 11.4 Å². The number of anilines is 1. The zero-order valence-electron chi connectivity index (χ0n) is 24.1. The van der Waals surface area contributed by atoms with E-state index in [0.29, 0.717) is 17.2 Å². The first kappa shape index (κ1) is 28.6. The summed E-state index contributed by atoms with van der Waals surface area (Å²) in [5.41, 5.74) is 5.52. The van der Waals surface area contributed by atoms with Gasteiger partial charge < -0.3 is 15.2 Å². The molecule has 0 atom stereocenters. The second-order valence-corrected chi connectivity index (χ2v) is 11.7. The molecule has 1 fully saturated rings. The lowest BCUT2D eigenvalue weighted by molar-refractivity contribution is 0.0950. The SMILES string of the molecule is CCN(c1cc(C#CC(C)(C)C)cc(C(=O)NCc2c(C)cc(C)[nH]c2=O)c1C)[C@H]1CC[C@H](CC)CC1. The molecule has 37 heavy (non-hydrogen) atoms. The van der Waals surface area contributed by atoms with Crippen molar-refractivity contribution in [2.45, 2.75) is 100 Å². The van der Waals surface area contributed by atoms with E-state index in [2.05, 4.69) is 67.7 Å². The molecule has 3 rings (SSSR count). The number of benzene rings is 1. The molecule has 1 saturated carbocycles. The number of aromatic nitrogens is 1. The van der Waals surface area contributed by atoms with Gasteiger partial charge in [-0.1, -0.05) is 25.2 Å². The van der Waals surface area contributed by atoms with Gasteiger partial charge in [0.2, 0.25) is 0 Å². The van der Waals surface area contributed by atoms with Crippen LogP contribution in [0.5, 0.6) is 0 Å². The molecule has 2 N–H and O–H groups in total. The predicted octanol–water partition coefficient (Wildman–Crippen LogP) is 6.42. The summed E-state index contributed by atoms with van der Waals surface area (Å²) in [5, 5.41) is 3.01. The van der Waals surface area contributed by atoms with Crippen LogP contribution in [0.15, 0.2) is 23.0 Å².